The van der Waals surface area contributed by atoms with Crippen molar-refractivity contribution in [3.05, 3.63) is 23.7 Å². The van der Waals surface area contributed by atoms with Crippen LogP contribution in [0.15, 0.2) is 16.7 Å². The Kier molecular flexibility index (Phi) is 3.57. The first-order chi connectivity index (χ1) is 9.24. The molecule has 1 aromatic rings. The van der Waals surface area contributed by atoms with Crippen LogP contribution in [0.1, 0.15) is 35.4 Å². The average molecular weight is 264 g/mol. The van der Waals surface area contributed by atoms with E-state index in [1.807, 2.05) is 0 Å². The number of carboxylic acids is 1. The molecular formula is C14H20N2O3. The zero-order valence-electron chi connectivity index (χ0n) is 11.0. The molecule has 2 saturated heterocycles. The highest BCUT2D eigenvalue weighted by molar-refractivity contribution is 5.88. The van der Waals surface area contributed by atoms with E-state index in [0.717, 1.165) is 19.6 Å². The first-order valence-corrected chi connectivity index (χ1v) is 7.00. The van der Waals surface area contributed by atoms with Gasteiger partial charge in [0.2, 0.25) is 0 Å². The number of nitrogens with zero attached hydrogens (tertiary/aromatic N) is 2. The number of hydrogen-bond acceptors (Lipinski definition) is 4. The number of carboxylic acid groups (broad SMARTS) is 1. The van der Waals surface area contributed by atoms with Gasteiger partial charge in [-0.15, -0.1) is 0 Å². The smallest absolute Gasteiger partial charge is 0.339 e. The molecule has 0 aromatic carbocycles. The van der Waals surface area contributed by atoms with Crippen LogP contribution >= 0.6 is 0 Å². The van der Waals surface area contributed by atoms with Crippen molar-refractivity contribution < 1.29 is 14.3 Å². The van der Waals surface area contributed by atoms with E-state index in [1.165, 1.54) is 38.1 Å². The van der Waals surface area contributed by atoms with E-state index in [2.05, 4.69) is 9.80 Å². The molecule has 1 aromatic heterocycles. The van der Waals surface area contributed by atoms with Crippen LogP contribution in [0, 0.1) is 0 Å². The Morgan fingerprint density at radius 3 is 3.11 bits per heavy atom. The molecule has 2 fully saturated rings. The number of carbonyl (C=O) groups is 1. The third-order valence-corrected chi connectivity index (χ3v) is 4.26. The number of piperazine rings is 1. The monoisotopic (exact) mass is 264 g/mol. The van der Waals surface area contributed by atoms with Gasteiger partial charge in [-0.2, -0.15) is 0 Å². The minimum absolute atomic E-state index is 0.297. The Morgan fingerprint density at radius 2 is 2.26 bits per heavy atom. The van der Waals surface area contributed by atoms with E-state index in [0.29, 0.717) is 23.9 Å². The van der Waals surface area contributed by atoms with Crippen molar-refractivity contribution in [3.63, 3.8) is 0 Å². The second-order valence-corrected chi connectivity index (χ2v) is 5.48. The number of furan rings is 1. The quantitative estimate of drug-likeness (QED) is 0.899. The summed E-state index contributed by atoms with van der Waals surface area (Å²) in [6, 6.07) is 2.18. The summed E-state index contributed by atoms with van der Waals surface area (Å²) in [7, 11) is 0. The molecule has 3 rings (SSSR count). The van der Waals surface area contributed by atoms with Crippen molar-refractivity contribution >= 4 is 5.97 Å². The Labute approximate surface area is 112 Å². The maximum absolute atomic E-state index is 11.1. The second kappa shape index (κ2) is 5.35. The molecule has 2 aliphatic heterocycles. The van der Waals surface area contributed by atoms with Crippen LogP contribution in [-0.2, 0) is 6.54 Å². The fourth-order valence-corrected chi connectivity index (χ4v) is 3.22. The normalized spacial score (nSPS) is 25.2. The molecule has 1 N–H and O–H groups in total. The van der Waals surface area contributed by atoms with Crippen LogP contribution in [-0.4, -0.2) is 53.1 Å². The van der Waals surface area contributed by atoms with Gasteiger partial charge in [0.05, 0.1) is 12.8 Å². The van der Waals surface area contributed by atoms with E-state index in [1.54, 1.807) is 0 Å². The number of piperidine rings is 1. The standard InChI is InChI=1S/C14H20N2O3/c17-14(18)12-4-8-19-13(12)10-15-6-7-16-5-2-1-3-11(16)9-15/h4,8,11H,1-3,5-7,9-10H2,(H,17,18). The molecule has 0 spiro atoms. The van der Waals surface area contributed by atoms with E-state index in [-0.39, 0.29) is 0 Å². The Bertz CT molecular complexity index is 457. The van der Waals surface area contributed by atoms with Gasteiger partial charge < -0.3 is 9.52 Å². The van der Waals surface area contributed by atoms with Gasteiger partial charge in [0.25, 0.3) is 0 Å². The van der Waals surface area contributed by atoms with Crippen molar-refractivity contribution in [1.82, 2.24) is 9.80 Å². The molecule has 19 heavy (non-hydrogen) atoms. The molecule has 2 aliphatic rings. The van der Waals surface area contributed by atoms with Gasteiger partial charge in [-0.3, -0.25) is 9.80 Å². The van der Waals surface area contributed by atoms with Crippen molar-refractivity contribution in [2.45, 2.75) is 31.8 Å². The lowest BCUT2D eigenvalue weighted by Crippen LogP contribution is -2.54. The van der Waals surface area contributed by atoms with Gasteiger partial charge in [-0.05, 0) is 25.5 Å². The first-order valence-electron chi connectivity index (χ1n) is 7.00. The molecule has 5 heteroatoms. The lowest BCUT2D eigenvalue weighted by atomic mass is 9.99. The van der Waals surface area contributed by atoms with Crippen LogP contribution < -0.4 is 0 Å². The van der Waals surface area contributed by atoms with Gasteiger partial charge in [-0.25, -0.2) is 4.79 Å². The maximum atomic E-state index is 11.1. The summed E-state index contributed by atoms with van der Waals surface area (Å²) in [6.45, 7) is 4.95. The van der Waals surface area contributed by atoms with Crippen LogP contribution in [0.2, 0.25) is 0 Å². The number of fused-ring (bicyclic) bond motifs is 1. The van der Waals surface area contributed by atoms with Crippen molar-refractivity contribution in [2.24, 2.45) is 0 Å². The van der Waals surface area contributed by atoms with Crippen molar-refractivity contribution in [1.29, 1.82) is 0 Å². The van der Waals surface area contributed by atoms with Crippen LogP contribution in [0.4, 0.5) is 0 Å². The molecule has 0 aliphatic carbocycles. The molecule has 3 heterocycles. The topological polar surface area (TPSA) is 56.9 Å². The third kappa shape index (κ3) is 2.67. The predicted molar refractivity (Wildman–Crippen MR) is 70.2 cm³/mol. The Hall–Kier alpha value is -1.33. The highest BCUT2D eigenvalue weighted by Gasteiger charge is 2.29. The van der Waals surface area contributed by atoms with Gasteiger partial charge in [0.15, 0.2) is 0 Å². The van der Waals surface area contributed by atoms with Gasteiger partial charge >= 0.3 is 5.97 Å². The average Bonchev–Trinajstić information content (AvgIpc) is 2.87. The van der Waals surface area contributed by atoms with Crippen LogP contribution in [0.5, 0.6) is 0 Å². The summed E-state index contributed by atoms with van der Waals surface area (Å²) in [4.78, 5) is 16.0. The number of aromatic carboxylic acids is 1. The number of hydrogen-bond donors (Lipinski definition) is 1. The molecule has 0 amide bonds. The molecule has 5 nitrogen and oxygen atoms in total. The van der Waals surface area contributed by atoms with Crippen LogP contribution in [0.3, 0.4) is 0 Å². The van der Waals surface area contributed by atoms with E-state index in [9.17, 15) is 4.79 Å². The van der Waals surface area contributed by atoms with E-state index in [4.69, 9.17) is 9.52 Å². The second-order valence-electron chi connectivity index (χ2n) is 5.48. The summed E-state index contributed by atoms with van der Waals surface area (Å²) in [5, 5.41) is 9.08. The molecule has 104 valence electrons. The Balaban J connectivity index is 1.64. The third-order valence-electron chi connectivity index (χ3n) is 4.26. The minimum atomic E-state index is -0.903. The van der Waals surface area contributed by atoms with E-state index < -0.39 is 5.97 Å². The van der Waals surface area contributed by atoms with E-state index >= 15 is 0 Å². The minimum Gasteiger partial charge on any atom is -0.478 e. The van der Waals surface area contributed by atoms with Gasteiger partial charge in [0.1, 0.15) is 11.3 Å². The van der Waals surface area contributed by atoms with Gasteiger partial charge in [0, 0.05) is 25.7 Å². The van der Waals surface area contributed by atoms with Crippen molar-refractivity contribution in [3.8, 4) is 0 Å². The lowest BCUT2D eigenvalue weighted by Gasteiger charge is -2.43. The summed E-state index contributed by atoms with van der Waals surface area (Å²) in [5.74, 6) is -0.322. The fraction of sp³-hybridized carbons (Fsp3) is 0.643. The molecule has 0 saturated carbocycles. The number of rotatable bonds is 3. The highest BCUT2D eigenvalue weighted by atomic mass is 16.4. The zero-order valence-corrected chi connectivity index (χ0v) is 11.0. The van der Waals surface area contributed by atoms with Crippen LogP contribution in [0.25, 0.3) is 0 Å². The summed E-state index contributed by atoms with van der Waals surface area (Å²) in [5.41, 5.74) is 0.297. The summed E-state index contributed by atoms with van der Waals surface area (Å²) >= 11 is 0. The maximum Gasteiger partial charge on any atom is 0.339 e. The first kappa shape index (κ1) is 12.7. The molecule has 1 unspecified atom stereocenters. The SMILES string of the molecule is O=C(O)c1ccoc1CN1CCN2CCCCC2C1. The lowest BCUT2D eigenvalue weighted by molar-refractivity contribution is 0.0421. The fourth-order valence-electron chi connectivity index (χ4n) is 3.22. The molecule has 0 bridgehead atoms. The summed E-state index contributed by atoms with van der Waals surface area (Å²) < 4.78 is 5.33. The predicted octanol–water partition coefficient (Wildman–Crippen LogP) is 1.65. The molecular weight excluding hydrogens is 244 g/mol. The zero-order chi connectivity index (χ0) is 13.2. The molecule has 0 radical (unpaired) electrons. The van der Waals surface area contributed by atoms with Gasteiger partial charge in [-0.1, -0.05) is 6.42 Å². The molecule has 1 atom stereocenters. The largest absolute Gasteiger partial charge is 0.478 e. The highest BCUT2D eigenvalue weighted by Crippen LogP contribution is 2.23. The Morgan fingerprint density at radius 1 is 1.37 bits per heavy atom. The van der Waals surface area contributed by atoms with Crippen molar-refractivity contribution in [2.75, 3.05) is 26.2 Å². The summed E-state index contributed by atoms with van der Waals surface area (Å²) in [6.07, 6.45) is 5.37.